The number of benzene rings is 2. The van der Waals surface area contributed by atoms with Crippen molar-refractivity contribution < 1.29 is 27.8 Å². The Morgan fingerprint density at radius 2 is 1.89 bits per heavy atom. The van der Waals surface area contributed by atoms with Crippen molar-refractivity contribution in [2.24, 2.45) is 0 Å². The standard InChI is InChI=1S/C19H12ClF4NO3/c20-10-2-4-16(27)13(6-10)17-12-5-9(19(22,23)24)1-3-15(12)25-18(28)14(17)7-11(21)8-26/h1-7,26-27H,8H2,(H,25,28)/b11-7+. The zero-order valence-corrected chi connectivity index (χ0v) is 14.7. The van der Waals surface area contributed by atoms with Crippen LogP contribution in [0.5, 0.6) is 5.75 Å². The Hall–Kier alpha value is -2.84. The van der Waals surface area contributed by atoms with Crippen LogP contribution >= 0.6 is 11.6 Å². The number of aliphatic hydroxyl groups is 1. The third-order valence-electron chi connectivity index (χ3n) is 4.06. The zero-order chi connectivity index (χ0) is 20.6. The number of hydrogen-bond acceptors (Lipinski definition) is 3. The predicted octanol–water partition coefficient (Wildman–Crippen LogP) is 4.88. The summed E-state index contributed by atoms with van der Waals surface area (Å²) >= 11 is 5.94. The van der Waals surface area contributed by atoms with Crippen molar-refractivity contribution in [2.45, 2.75) is 6.18 Å². The van der Waals surface area contributed by atoms with Gasteiger partial charge in [0.1, 0.15) is 11.6 Å². The molecule has 0 fully saturated rings. The molecule has 2 aromatic carbocycles. The molecule has 0 aliphatic rings. The number of aromatic hydroxyl groups is 1. The van der Waals surface area contributed by atoms with E-state index in [4.69, 9.17) is 16.7 Å². The van der Waals surface area contributed by atoms with Crippen LogP contribution in [0.15, 0.2) is 47.0 Å². The average molecular weight is 414 g/mol. The molecule has 0 spiro atoms. The fourth-order valence-electron chi connectivity index (χ4n) is 2.82. The summed E-state index contributed by atoms with van der Waals surface area (Å²) in [6.45, 7) is -1.01. The molecule has 28 heavy (non-hydrogen) atoms. The van der Waals surface area contributed by atoms with Gasteiger partial charge in [-0.1, -0.05) is 11.6 Å². The molecule has 3 N–H and O–H groups in total. The summed E-state index contributed by atoms with van der Waals surface area (Å²) in [6, 6.07) is 6.45. The van der Waals surface area contributed by atoms with Gasteiger partial charge in [0.25, 0.3) is 5.56 Å². The molecule has 0 saturated carbocycles. The number of phenols is 1. The van der Waals surface area contributed by atoms with E-state index in [2.05, 4.69) is 4.98 Å². The van der Waals surface area contributed by atoms with Gasteiger partial charge in [-0.05, 0) is 42.5 Å². The van der Waals surface area contributed by atoms with Crippen molar-refractivity contribution in [2.75, 3.05) is 6.61 Å². The molecule has 0 radical (unpaired) electrons. The molecule has 1 aromatic heterocycles. The normalized spacial score (nSPS) is 12.6. The minimum Gasteiger partial charge on any atom is -0.507 e. The van der Waals surface area contributed by atoms with Crippen molar-refractivity contribution in [1.82, 2.24) is 4.98 Å². The number of aromatic nitrogens is 1. The van der Waals surface area contributed by atoms with Crippen LogP contribution < -0.4 is 5.56 Å². The lowest BCUT2D eigenvalue weighted by atomic mass is 9.94. The van der Waals surface area contributed by atoms with Crippen LogP contribution in [0.25, 0.3) is 28.1 Å². The van der Waals surface area contributed by atoms with Gasteiger partial charge in [-0.25, -0.2) is 4.39 Å². The molecular formula is C19H12ClF4NO3. The Morgan fingerprint density at radius 1 is 1.18 bits per heavy atom. The molecule has 146 valence electrons. The summed E-state index contributed by atoms with van der Waals surface area (Å²) in [5.41, 5.74) is -2.32. The maximum Gasteiger partial charge on any atom is 0.416 e. The fraction of sp³-hybridized carbons (Fsp3) is 0.105. The highest BCUT2D eigenvalue weighted by Gasteiger charge is 2.31. The van der Waals surface area contributed by atoms with Gasteiger partial charge in [-0.2, -0.15) is 13.2 Å². The number of alkyl halides is 3. The smallest absolute Gasteiger partial charge is 0.416 e. The molecule has 3 rings (SSSR count). The summed E-state index contributed by atoms with van der Waals surface area (Å²) < 4.78 is 53.3. The van der Waals surface area contributed by atoms with Gasteiger partial charge < -0.3 is 15.2 Å². The lowest BCUT2D eigenvalue weighted by molar-refractivity contribution is -0.137. The van der Waals surface area contributed by atoms with Gasteiger partial charge in [0.05, 0.1) is 17.7 Å². The number of phenolic OH excluding ortho intramolecular Hbond substituents is 1. The van der Waals surface area contributed by atoms with Crippen molar-refractivity contribution in [3.8, 4) is 16.9 Å². The first kappa shape index (κ1) is 19.9. The third kappa shape index (κ3) is 3.74. The summed E-state index contributed by atoms with van der Waals surface area (Å²) in [5.74, 6) is -1.45. The van der Waals surface area contributed by atoms with E-state index in [0.717, 1.165) is 18.2 Å². The minimum absolute atomic E-state index is 0.0499. The van der Waals surface area contributed by atoms with Gasteiger partial charge in [-0.3, -0.25) is 4.79 Å². The second kappa shape index (κ2) is 7.29. The van der Waals surface area contributed by atoms with E-state index in [1.807, 2.05) is 0 Å². The lowest BCUT2D eigenvalue weighted by Gasteiger charge is -2.15. The molecule has 0 aliphatic carbocycles. The van der Waals surface area contributed by atoms with Gasteiger partial charge in [-0.15, -0.1) is 0 Å². The monoisotopic (exact) mass is 413 g/mol. The Morgan fingerprint density at radius 3 is 2.54 bits per heavy atom. The maximum atomic E-state index is 13.7. The highest BCUT2D eigenvalue weighted by Crippen LogP contribution is 2.40. The van der Waals surface area contributed by atoms with Gasteiger partial charge >= 0.3 is 6.18 Å². The Balaban J connectivity index is 2.52. The Bertz CT molecular complexity index is 1150. The Labute approximate surface area is 160 Å². The molecule has 0 bridgehead atoms. The predicted molar refractivity (Wildman–Crippen MR) is 97.9 cm³/mol. The molecule has 0 atom stereocenters. The summed E-state index contributed by atoms with van der Waals surface area (Å²) in [4.78, 5) is 14.9. The zero-order valence-electron chi connectivity index (χ0n) is 13.9. The van der Waals surface area contributed by atoms with E-state index in [9.17, 15) is 27.5 Å². The SMILES string of the molecule is O=c1[nH]c2ccc(C(F)(F)F)cc2c(-c2cc(Cl)ccc2O)c1/C=C(/F)CO. The van der Waals surface area contributed by atoms with Crippen LogP contribution in [0.4, 0.5) is 17.6 Å². The summed E-state index contributed by atoms with van der Waals surface area (Å²) in [5, 5.41) is 19.2. The largest absolute Gasteiger partial charge is 0.507 e. The molecule has 0 aliphatic heterocycles. The van der Waals surface area contributed by atoms with Crippen LogP contribution in [0.3, 0.4) is 0 Å². The molecule has 0 saturated heterocycles. The second-order valence-corrected chi connectivity index (χ2v) is 6.35. The first-order valence-electron chi connectivity index (χ1n) is 7.85. The second-order valence-electron chi connectivity index (χ2n) is 5.91. The van der Waals surface area contributed by atoms with E-state index >= 15 is 0 Å². The Kier molecular flexibility index (Phi) is 5.18. The van der Waals surface area contributed by atoms with E-state index in [1.54, 1.807) is 0 Å². The van der Waals surface area contributed by atoms with Crippen LogP contribution in [0.2, 0.25) is 5.02 Å². The van der Waals surface area contributed by atoms with Crippen molar-refractivity contribution in [3.63, 3.8) is 0 Å². The van der Waals surface area contributed by atoms with Crippen LogP contribution in [0.1, 0.15) is 11.1 Å². The molecule has 0 unspecified atom stereocenters. The molecule has 0 amide bonds. The van der Waals surface area contributed by atoms with E-state index in [-0.39, 0.29) is 38.4 Å². The maximum absolute atomic E-state index is 13.7. The molecular weight excluding hydrogens is 402 g/mol. The van der Waals surface area contributed by atoms with Crippen LogP contribution in [0, 0.1) is 0 Å². The number of aliphatic hydroxyl groups excluding tert-OH is 1. The van der Waals surface area contributed by atoms with Gasteiger partial charge in [0.2, 0.25) is 0 Å². The topological polar surface area (TPSA) is 73.3 Å². The average Bonchev–Trinajstić information content (AvgIpc) is 2.63. The number of aromatic amines is 1. The van der Waals surface area contributed by atoms with Crippen molar-refractivity contribution in [3.05, 3.63) is 68.7 Å². The first-order chi connectivity index (χ1) is 13.1. The third-order valence-corrected chi connectivity index (χ3v) is 4.29. The minimum atomic E-state index is -4.66. The molecule has 9 heteroatoms. The number of nitrogens with one attached hydrogen (secondary N) is 1. The number of rotatable bonds is 3. The van der Waals surface area contributed by atoms with Crippen LogP contribution in [-0.2, 0) is 6.18 Å². The number of pyridine rings is 1. The van der Waals surface area contributed by atoms with Crippen molar-refractivity contribution in [1.29, 1.82) is 0 Å². The first-order valence-corrected chi connectivity index (χ1v) is 8.22. The molecule has 1 heterocycles. The number of fused-ring (bicyclic) bond motifs is 1. The molecule has 3 aromatic rings. The summed E-state index contributed by atoms with van der Waals surface area (Å²) in [7, 11) is 0. The van der Waals surface area contributed by atoms with Gasteiger partial charge in [0, 0.05) is 27.1 Å². The van der Waals surface area contributed by atoms with Crippen LogP contribution in [-0.4, -0.2) is 21.8 Å². The highest BCUT2D eigenvalue weighted by atomic mass is 35.5. The molecule has 4 nitrogen and oxygen atoms in total. The van der Waals surface area contributed by atoms with Gasteiger partial charge in [0.15, 0.2) is 0 Å². The lowest BCUT2D eigenvalue weighted by Crippen LogP contribution is -2.13. The van der Waals surface area contributed by atoms with E-state index < -0.39 is 29.7 Å². The quantitative estimate of drug-likeness (QED) is 0.536. The highest BCUT2D eigenvalue weighted by molar-refractivity contribution is 6.31. The fourth-order valence-corrected chi connectivity index (χ4v) is 3.00. The summed E-state index contributed by atoms with van der Waals surface area (Å²) in [6.07, 6.45) is -3.96. The van der Waals surface area contributed by atoms with E-state index in [0.29, 0.717) is 6.08 Å². The number of H-pyrrole nitrogens is 1. The van der Waals surface area contributed by atoms with Crippen molar-refractivity contribution >= 4 is 28.6 Å². The number of halogens is 5. The van der Waals surface area contributed by atoms with E-state index in [1.165, 1.54) is 18.2 Å². The number of hydrogen-bond donors (Lipinski definition) is 3.